The van der Waals surface area contributed by atoms with Crippen LogP contribution in [-0.4, -0.2) is 57.9 Å². The van der Waals surface area contributed by atoms with Gasteiger partial charge in [-0.15, -0.1) is 10.2 Å². The molecule has 37 heavy (non-hydrogen) atoms. The molecule has 2 aromatic heterocycles. The molecule has 3 N–H and O–H groups in total. The highest BCUT2D eigenvalue weighted by Crippen LogP contribution is 2.40. The van der Waals surface area contributed by atoms with Crippen molar-refractivity contribution >= 4 is 23.4 Å². The molecule has 0 aliphatic carbocycles. The van der Waals surface area contributed by atoms with Gasteiger partial charge < -0.3 is 34.4 Å². The first-order chi connectivity index (χ1) is 18.1. The van der Waals surface area contributed by atoms with Gasteiger partial charge in [-0.2, -0.15) is 4.98 Å². The minimum Gasteiger partial charge on any atom is -0.446 e. The van der Waals surface area contributed by atoms with E-state index in [1.54, 1.807) is 24.4 Å². The number of rotatable bonds is 7. The number of fused-ring (bicyclic) bond motifs is 2. The monoisotopic (exact) mass is 502 g/mol. The van der Waals surface area contributed by atoms with E-state index in [0.29, 0.717) is 28.2 Å². The summed E-state index contributed by atoms with van der Waals surface area (Å²) in [5.41, 5.74) is 2.14. The van der Waals surface area contributed by atoms with Crippen LogP contribution in [0.1, 0.15) is 27.5 Å². The normalized spacial score (nSPS) is 16.7. The van der Waals surface area contributed by atoms with Crippen LogP contribution in [0.3, 0.4) is 0 Å². The van der Waals surface area contributed by atoms with Gasteiger partial charge >= 0.3 is 5.97 Å². The number of nitrogens with one attached hydrogen (secondary N) is 2. The Balaban J connectivity index is 1.33. The zero-order chi connectivity index (χ0) is 25.2. The van der Waals surface area contributed by atoms with E-state index in [4.69, 9.17) is 18.6 Å². The van der Waals surface area contributed by atoms with Crippen LogP contribution in [0.5, 0.6) is 0 Å². The highest BCUT2D eigenvalue weighted by molar-refractivity contribution is 5.95. The van der Waals surface area contributed by atoms with Crippen molar-refractivity contribution in [2.45, 2.75) is 11.6 Å². The average molecular weight is 502 g/mol. The van der Waals surface area contributed by atoms with Crippen molar-refractivity contribution in [2.24, 2.45) is 0 Å². The number of nitrogens with zero attached hydrogens (tertiary/aromatic N) is 4. The lowest BCUT2D eigenvalue weighted by molar-refractivity contribution is -0.199. The molecule has 0 saturated carbocycles. The van der Waals surface area contributed by atoms with Gasteiger partial charge in [0, 0.05) is 17.4 Å². The molecule has 1 fully saturated rings. The fourth-order valence-electron chi connectivity index (χ4n) is 4.41. The predicted octanol–water partition coefficient (Wildman–Crippen LogP) is 2.79. The third-order valence-corrected chi connectivity index (χ3v) is 6.19. The van der Waals surface area contributed by atoms with Crippen molar-refractivity contribution in [3.8, 4) is 11.5 Å². The largest absolute Gasteiger partial charge is 0.446 e. The van der Waals surface area contributed by atoms with Crippen LogP contribution in [0.25, 0.3) is 11.5 Å². The number of aromatic nitrogens is 4. The molecule has 2 aromatic carbocycles. The second kappa shape index (κ2) is 9.58. The average Bonchev–Trinajstić information content (AvgIpc) is 3.55. The van der Waals surface area contributed by atoms with Gasteiger partial charge in [-0.1, -0.05) is 30.3 Å². The van der Waals surface area contributed by atoms with Crippen molar-refractivity contribution < 1.29 is 28.5 Å². The SMILES string of the molecule is O=C1OC2(COCOC2)c2cc(Nc3ncc(-c4nnco4)c(N[C@H](CO)c4ccccc4)n3)ccc21. The Bertz CT molecular complexity index is 1410. The van der Waals surface area contributed by atoms with Crippen LogP contribution >= 0.6 is 0 Å². The van der Waals surface area contributed by atoms with E-state index in [0.717, 1.165) is 5.56 Å². The van der Waals surface area contributed by atoms with Gasteiger partial charge in [-0.3, -0.25) is 0 Å². The Morgan fingerprint density at radius 3 is 2.68 bits per heavy atom. The maximum Gasteiger partial charge on any atom is 0.339 e. The van der Waals surface area contributed by atoms with Gasteiger partial charge in [0.1, 0.15) is 12.6 Å². The van der Waals surface area contributed by atoms with E-state index in [-0.39, 0.29) is 38.5 Å². The maximum atomic E-state index is 12.4. The molecule has 4 heterocycles. The number of hydrogen-bond acceptors (Lipinski definition) is 12. The molecule has 1 saturated heterocycles. The minimum absolute atomic E-state index is 0.153. The first-order valence-electron chi connectivity index (χ1n) is 11.5. The Labute approximate surface area is 210 Å². The molecule has 4 aromatic rings. The molecule has 1 atom stereocenters. The van der Waals surface area contributed by atoms with E-state index in [1.165, 1.54) is 6.39 Å². The molecule has 0 bridgehead atoms. The van der Waals surface area contributed by atoms with Gasteiger partial charge in [-0.05, 0) is 23.8 Å². The van der Waals surface area contributed by atoms with Crippen molar-refractivity contribution in [3.63, 3.8) is 0 Å². The standard InChI is InChI=1S/C25H22N6O6/c32-10-20(15-4-2-1-3-5-15)29-21-18(22-31-27-13-36-22)9-26-24(30-21)28-16-6-7-17-19(8-16)25(37-23(17)33)11-34-14-35-12-25/h1-9,13,20,32H,10-12,14H2,(H2,26,28,29,30)/t20-/m1/s1. The molecular weight excluding hydrogens is 480 g/mol. The highest BCUT2D eigenvalue weighted by atomic mass is 16.7. The number of anilines is 3. The summed E-state index contributed by atoms with van der Waals surface area (Å²) in [4.78, 5) is 21.5. The Hall–Kier alpha value is -4.39. The van der Waals surface area contributed by atoms with E-state index < -0.39 is 17.6 Å². The van der Waals surface area contributed by atoms with Gasteiger partial charge in [0.15, 0.2) is 5.60 Å². The van der Waals surface area contributed by atoms with Gasteiger partial charge in [-0.25, -0.2) is 9.78 Å². The van der Waals surface area contributed by atoms with Crippen molar-refractivity contribution in [2.75, 3.05) is 37.2 Å². The summed E-state index contributed by atoms with van der Waals surface area (Å²) in [5, 5.41) is 24.2. The zero-order valence-corrected chi connectivity index (χ0v) is 19.5. The third-order valence-electron chi connectivity index (χ3n) is 6.19. The lowest BCUT2D eigenvalue weighted by atomic mass is 9.93. The summed E-state index contributed by atoms with van der Waals surface area (Å²) in [6, 6.07) is 14.3. The smallest absolute Gasteiger partial charge is 0.339 e. The molecule has 0 amide bonds. The molecule has 0 unspecified atom stereocenters. The number of benzene rings is 2. The maximum absolute atomic E-state index is 12.4. The third kappa shape index (κ3) is 4.37. The van der Waals surface area contributed by atoms with Crippen LogP contribution in [-0.2, 0) is 19.8 Å². The molecular formula is C25H22N6O6. The van der Waals surface area contributed by atoms with E-state index >= 15 is 0 Å². The van der Waals surface area contributed by atoms with Gasteiger partial charge in [0.05, 0.1) is 37.0 Å². The Morgan fingerprint density at radius 1 is 1.08 bits per heavy atom. The number of carbonyl (C=O) groups excluding carboxylic acids is 1. The molecule has 1 spiro atoms. The Morgan fingerprint density at radius 2 is 1.92 bits per heavy atom. The van der Waals surface area contributed by atoms with Crippen molar-refractivity contribution in [3.05, 3.63) is 77.8 Å². The number of esters is 1. The summed E-state index contributed by atoms with van der Waals surface area (Å²) < 4.78 is 21.9. The van der Waals surface area contributed by atoms with E-state index in [9.17, 15) is 9.90 Å². The van der Waals surface area contributed by atoms with E-state index in [2.05, 4.69) is 30.8 Å². The minimum atomic E-state index is -0.984. The van der Waals surface area contributed by atoms with Crippen LogP contribution < -0.4 is 10.6 Å². The zero-order valence-electron chi connectivity index (χ0n) is 19.5. The second-order valence-corrected chi connectivity index (χ2v) is 8.57. The van der Waals surface area contributed by atoms with E-state index in [1.807, 2.05) is 30.3 Å². The molecule has 2 aliphatic rings. The number of aliphatic hydroxyl groups excluding tert-OH is 1. The Kier molecular flexibility index (Phi) is 5.96. The van der Waals surface area contributed by atoms with Crippen LogP contribution in [0, 0.1) is 0 Å². The highest BCUT2D eigenvalue weighted by Gasteiger charge is 2.48. The number of carbonyl (C=O) groups is 1. The quantitative estimate of drug-likeness (QED) is 0.318. The summed E-state index contributed by atoms with van der Waals surface area (Å²) in [6.07, 6.45) is 2.77. The fourth-order valence-corrected chi connectivity index (χ4v) is 4.41. The molecule has 12 nitrogen and oxygen atoms in total. The number of hydrogen-bond donors (Lipinski definition) is 3. The number of aliphatic hydroxyl groups is 1. The molecule has 0 radical (unpaired) electrons. The van der Waals surface area contributed by atoms with Crippen LogP contribution in [0.15, 0.2) is 65.5 Å². The van der Waals surface area contributed by atoms with Crippen LogP contribution in [0.4, 0.5) is 17.5 Å². The molecule has 2 aliphatic heterocycles. The number of ether oxygens (including phenoxy) is 3. The fraction of sp³-hybridized carbons (Fsp3) is 0.240. The lowest BCUT2D eigenvalue weighted by Crippen LogP contribution is -2.41. The van der Waals surface area contributed by atoms with Gasteiger partial charge in [0.2, 0.25) is 12.3 Å². The van der Waals surface area contributed by atoms with Crippen molar-refractivity contribution in [1.29, 1.82) is 0 Å². The predicted molar refractivity (Wildman–Crippen MR) is 129 cm³/mol. The van der Waals surface area contributed by atoms with Crippen LogP contribution in [0.2, 0.25) is 0 Å². The summed E-state index contributed by atoms with van der Waals surface area (Å²) >= 11 is 0. The first kappa shape index (κ1) is 23.0. The molecule has 188 valence electrons. The van der Waals surface area contributed by atoms with Gasteiger partial charge in [0.25, 0.3) is 5.89 Å². The first-order valence-corrected chi connectivity index (χ1v) is 11.5. The van der Waals surface area contributed by atoms with Crippen molar-refractivity contribution in [1.82, 2.24) is 20.2 Å². The summed E-state index contributed by atoms with van der Waals surface area (Å²) in [7, 11) is 0. The summed E-state index contributed by atoms with van der Waals surface area (Å²) in [6.45, 7) is 0.396. The lowest BCUT2D eigenvalue weighted by Gasteiger charge is -2.32. The summed E-state index contributed by atoms with van der Waals surface area (Å²) in [5.74, 6) is 0.463. The molecule has 12 heteroatoms. The topological polar surface area (TPSA) is 154 Å². The molecule has 6 rings (SSSR count). The second-order valence-electron chi connectivity index (χ2n) is 8.57.